The highest BCUT2D eigenvalue weighted by molar-refractivity contribution is 9.10. The molecule has 3 heterocycles. The molecule has 3 N–H and O–H groups in total. The Morgan fingerprint density at radius 3 is 2.59 bits per heavy atom. The fourth-order valence-corrected chi connectivity index (χ4v) is 6.27. The van der Waals surface area contributed by atoms with Crippen molar-refractivity contribution >= 4 is 42.6 Å². The van der Waals surface area contributed by atoms with Crippen LogP contribution in [0.15, 0.2) is 52.5 Å². The molecule has 4 rings (SSSR count). The third-order valence-corrected chi connectivity index (χ3v) is 8.76. The van der Waals surface area contributed by atoms with Gasteiger partial charge in [-0.25, -0.2) is 8.42 Å². The van der Waals surface area contributed by atoms with Gasteiger partial charge in [-0.15, -0.1) is 6.58 Å². The van der Waals surface area contributed by atoms with Gasteiger partial charge in [0.05, 0.1) is 27.2 Å². The van der Waals surface area contributed by atoms with Crippen molar-refractivity contribution in [2.24, 2.45) is 0 Å². The second-order valence-corrected chi connectivity index (χ2v) is 11.1. The Hall–Kier alpha value is -2.73. The number of amides is 1. The molecule has 3 aromatic rings. The van der Waals surface area contributed by atoms with Gasteiger partial charge in [-0.05, 0) is 47.2 Å². The Labute approximate surface area is 206 Å². The molecule has 0 radical (unpaired) electrons. The minimum Gasteiger partial charge on any atom is -0.494 e. The summed E-state index contributed by atoms with van der Waals surface area (Å²) in [5.74, 6) is -0.408. The number of aromatic hydroxyl groups is 1. The van der Waals surface area contributed by atoms with Gasteiger partial charge in [0.1, 0.15) is 5.37 Å². The van der Waals surface area contributed by atoms with Crippen LogP contribution in [-0.2, 0) is 9.84 Å². The maximum absolute atomic E-state index is 13.3. The van der Waals surface area contributed by atoms with E-state index in [0.717, 1.165) is 13.1 Å². The monoisotopic (exact) mass is 547 g/mol. The molecule has 1 atom stereocenters. The number of H-pyrrole nitrogens is 1. The topological polar surface area (TPSA) is 119 Å². The van der Waals surface area contributed by atoms with Crippen molar-refractivity contribution < 1.29 is 18.3 Å². The number of hydrogen-bond donors (Lipinski definition) is 3. The number of sulfone groups is 1. The van der Waals surface area contributed by atoms with Crippen molar-refractivity contribution in [1.29, 1.82) is 0 Å². The van der Waals surface area contributed by atoms with Crippen molar-refractivity contribution in [3.63, 3.8) is 0 Å². The number of aromatic amines is 1. The van der Waals surface area contributed by atoms with E-state index in [1.807, 2.05) is 11.9 Å². The first-order valence-corrected chi connectivity index (χ1v) is 13.0. The van der Waals surface area contributed by atoms with E-state index in [9.17, 15) is 18.3 Å². The number of aromatic nitrogens is 2. The Kier molecular flexibility index (Phi) is 6.81. The fourth-order valence-electron chi connectivity index (χ4n) is 4.15. The number of carbonyl (C=O) groups is 1. The molecule has 0 aliphatic carbocycles. The molecular weight excluding hydrogens is 522 g/mol. The second-order valence-electron chi connectivity index (χ2n) is 8.20. The van der Waals surface area contributed by atoms with E-state index >= 15 is 0 Å². The summed E-state index contributed by atoms with van der Waals surface area (Å²) in [6.07, 6.45) is 2.76. The first-order chi connectivity index (χ1) is 16.2. The number of rotatable bonds is 6. The zero-order chi connectivity index (χ0) is 24.6. The molecule has 1 aliphatic heterocycles. The van der Waals surface area contributed by atoms with Gasteiger partial charge in [-0.3, -0.25) is 14.7 Å². The lowest BCUT2D eigenvalue weighted by atomic mass is 10.1. The summed E-state index contributed by atoms with van der Waals surface area (Å²) in [5, 5.41) is 12.9. The Morgan fingerprint density at radius 1 is 1.29 bits per heavy atom. The van der Waals surface area contributed by atoms with Crippen LogP contribution in [0.4, 0.5) is 0 Å². The van der Waals surface area contributed by atoms with Gasteiger partial charge in [-0.2, -0.15) is 0 Å². The summed E-state index contributed by atoms with van der Waals surface area (Å²) in [6.45, 7) is 6.58. The van der Waals surface area contributed by atoms with Crippen molar-refractivity contribution in [2.45, 2.75) is 10.3 Å². The van der Waals surface area contributed by atoms with E-state index in [0.29, 0.717) is 45.3 Å². The smallest absolute Gasteiger partial charge is 0.252 e. The van der Waals surface area contributed by atoms with Gasteiger partial charge in [0, 0.05) is 49.3 Å². The van der Waals surface area contributed by atoms with Crippen LogP contribution in [0, 0.1) is 0 Å². The predicted molar refractivity (Wildman–Crippen MR) is 135 cm³/mol. The molecular formula is C23H26BrN5O4S. The quantitative estimate of drug-likeness (QED) is 0.406. The van der Waals surface area contributed by atoms with Gasteiger partial charge in [0.25, 0.3) is 5.91 Å². The van der Waals surface area contributed by atoms with E-state index < -0.39 is 15.2 Å². The average molecular weight is 548 g/mol. The third kappa shape index (κ3) is 4.36. The van der Waals surface area contributed by atoms with E-state index in [1.165, 1.54) is 25.4 Å². The van der Waals surface area contributed by atoms with Crippen molar-refractivity contribution in [1.82, 2.24) is 25.1 Å². The van der Waals surface area contributed by atoms with E-state index in [4.69, 9.17) is 0 Å². The molecule has 180 valence electrons. The number of hydrogen-bond acceptors (Lipinski definition) is 7. The van der Waals surface area contributed by atoms with Crippen molar-refractivity contribution in [2.75, 3.05) is 40.3 Å². The number of piperazine rings is 1. The predicted octanol–water partition coefficient (Wildman–Crippen LogP) is 2.59. The van der Waals surface area contributed by atoms with Crippen LogP contribution in [-0.4, -0.2) is 84.8 Å². The molecule has 11 heteroatoms. The summed E-state index contributed by atoms with van der Waals surface area (Å²) in [5.41, 5.74) is 1.77. The number of benzene rings is 1. The first-order valence-electron chi connectivity index (χ1n) is 10.7. The molecule has 1 aliphatic rings. The largest absolute Gasteiger partial charge is 0.494 e. The Morgan fingerprint density at radius 2 is 2.00 bits per heavy atom. The summed E-state index contributed by atoms with van der Waals surface area (Å²) < 4.78 is 27.2. The number of halogens is 1. The molecule has 1 unspecified atom stereocenters. The number of nitrogens with zero attached hydrogens (tertiary/aromatic N) is 3. The number of nitrogens with one attached hydrogen (secondary N) is 2. The molecule has 1 saturated heterocycles. The Bertz CT molecular complexity index is 1350. The van der Waals surface area contributed by atoms with Crippen LogP contribution >= 0.6 is 15.9 Å². The van der Waals surface area contributed by atoms with Crippen LogP contribution in [0.2, 0.25) is 0 Å². The van der Waals surface area contributed by atoms with E-state index in [-0.39, 0.29) is 16.7 Å². The third-order valence-electron chi connectivity index (χ3n) is 6.08. The van der Waals surface area contributed by atoms with E-state index in [2.05, 4.69) is 42.7 Å². The lowest BCUT2D eigenvalue weighted by molar-refractivity contribution is 0.0962. The molecule has 0 spiro atoms. The van der Waals surface area contributed by atoms with Gasteiger partial charge in [0.15, 0.2) is 15.7 Å². The highest BCUT2D eigenvalue weighted by Crippen LogP contribution is 2.38. The maximum atomic E-state index is 13.3. The SMILES string of the molecule is C=CC(N1CCN(C)CC1)S(=O)(=O)c1ccc(-c2c(O)[nH]c3cc(Br)c(C(=O)NC)cc23)nc1. The number of fused-ring (bicyclic) bond motifs is 1. The van der Waals surface area contributed by atoms with Gasteiger partial charge < -0.3 is 20.3 Å². The number of likely N-dealkylation sites (N-methyl/N-ethyl adjacent to an activating group) is 1. The number of carbonyl (C=O) groups excluding carboxylic acids is 1. The molecule has 0 bridgehead atoms. The minimum atomic E-state index is -3.74. The van der Waals surface area contributed by atoms with Crippen LogP contribution in [0.5, 0.6) is 5.88 Å². The van der Waals surface area contributed by atoms with Crippen LogP contribution in [0.1, 0.15) is 10.4 Å². The van der Waals surface area contributed by atoms with E-state index in [1.54, 1.807) is 18.2 Å². The lowest BCUT2D eigenvalue weighted by Gasteiger charge is -2.36. The van der Waals surface area contributed by atoms with Gasteiger partial charge in [0.2, 0.25) is 0 Å². The zero-order valence-electron chi connectivity index (χ0n) is 18.9. The summed E-state index contributed by atoms with van der Waals surface area (Å²) in [7, 11) is -0.193. The normalized spacial score (nSPS) is 16.4. The first kappa shape index (κ1) is 24.4. The second kappa shape index (κ2) is 9.49. The molecule has 34 heavy (non-hydrogen) atoms. The summed E-state index contributed by atoms with van der Waals surface area (Å²) >= 11 is 3.38. The molecule has 1 aromatic carbocycles. The van der Waals surface area contributed by atoms with Gasteiger partial charge in [-0.1, -0.05) is 6.08 Å². The highest BCUT2D eigenvalue weighted by Gasteiger charge is 2.32. The maximum Gasteiger partial charge on any atom is 0.252 e. The highest BCUT2D eigenvalue weighted by atomic mass is 79.9. The summed E-state index contributed by atoms with van der Waals surface area (Å²) in [6, 6.07) is 6.39. The van der Waals surface area contributed by atoms with Crippen molar-refractivity contribution in [3.8, 4) is 17.1 Å². The fraction of sp³-hybridized carbons (Fsp3) is 0.304. The molecule has 2 aromatic heterocycles. The lowest BCUT2D eigenvalue weighted by Crippen LogP contribution is -2.50. The number of pyridine rings is 1. The van der Waals surface area contributed by atoms with Crippen LogP contribution < -0.4 is 5.32 Å². The zero-order valence-corrected chi connectivity index (χ0v) is 21.3. The molecule has 9 nitrogen and oxygen atoms in total. The molecule has 1 fully saturated rings. The standard InChI is InChI=1S/C23H26BrN5O4S/c1-4-20(29-9-7-28(3)8-10-29)34(32,33)14-5-6-18(26-13-14)21-16-11-15(22(30)25-2)17(24)12-19(16)27-23(21)31/h4-6,11-13,20,27,31H,1,7-10H2,2-3H3,(H,25,30). The minimum absolute atomic E-state index is 0.0770. The summed E-state index contributed by atoms with van der Waals surface area (Å²) in [4.78, 5) is 23.6. The molecule has 1 amide bonds. The average Bonchev–Trinajstić information content (AvgIpc) is 3.14. The van der Waals surface area contributed by atoms with Crippen molar-refractivity contribution in [3.05, 3.63) is 53.2 Å². The van der Waals surface area contributed by atoms with Gasteiger partial charge >= 0.3 is 0 Å². The molecule has 0 saturated carbocycles. The van der Waals surface area contributed by atoms with Crippen LogP contribution in [0.25, 0.3) is 22.2 Å². The van der Waals surface area contributed by atoms with Crippen LogP contribution in [0.3, 0.4) is 0 Å². The Balaban J connectivity index is 1.70.